The van der Waals surface area contributed by atoms with Crippen LogP contribution in [0.5, 0.6) is 0 Å². The summed E-state index contributed by atoms with van der Waals surface area (Å²) in [5.74, 6) is 0.978. The zero-order chi connectivity index (χ0) is 15.5. The number of hydrogen-bond donors (Lipinski definition) is 1. The molecule has 22 heavy (non-hydrogen) atoms. The van der Waals surface area contributed by atoms with Crippen LogP contribution in [-0.2, 0) is 6.42 Å². The van der Waals surface area contributed by atoms with Gasteiger partial charge in [-0.1, -0.05) is 17.7 Å². The van der Waals surface area contributed by atoms with Gasteiger partial charge in [-0.3, -0.25) is 0 Å². The zero-order valence-electron chi connectivity index (χ0n) is 12.4. The van der Waals surface area contributed by atoms with E-state index in [1.807, 2.05) is 7.05 Å². The maximum atomic E-state index is 13.9. The molecular weight excluding hydrogens is 323 g/mol. The average molecular weight is 341 g/mol. The third kappa shape index (κ3) is 3.50. The van der Waals surface area contributed by atoms with Crippen molar-refractivity contribution < 1.29 is 4.39 Å². The Labute approximate surface area is 138 Å². The molecule has 0 atom stereocenters. The Morgan fingerprint density at radius 2 is 2.18 bits per heavy atom. The highest BCUT2D eigenvalue weighted by Crippen LogP contribution is 2.28. The highest BCUT2D eigenvalue weighted by atomic mass is 35.5. The number of aromatic nitrogens is 2. The van der Waals surface area contributed by atoms with Crippen molar-refractivity contribution in [2.45, 2.75) is 19.3 Å². The van der Waals surface area contributed by atoms with E-state index in [0.717, 1.165) is 43.0 Å². The molecule has 0 amide bonds. The monoisotopic (exact) mass is 340 g/mol. The van der Waals surface area contributed by atoms with E-state index < -0.39 is 0 Å². The molecule has 1 aliphatic rings. The second-order valence-electron chi connectivity index (χ2n) is 5.52. The van der Waals surface area contributed by atoms with Gasteiger partial charge in [0.2, 0.25) is 11.1 Å². The molecule has 0 spiro atoms. The quantitative estimate of drug-likeness (QED) is 0.918. The molecule has 118 valence electrons. The van der Waals surface area contributed by atoms with E-state index in [9.17, 15) is 4.39 Å². The van der Waals surface area contributed by atoms with Gasteiger partial charge in [0.15, 0.2) is 0 Å². The number of nitrogens with one attached hydrogen (secondary N) is 1. The van der Waals surface area contributed by atoms with Gasteiger partial charge in [-0.2, -0.15) is 9.36 Å². The molecule has 0 saturated carbocycles. The van der Waals surface area contributed by atoms with Gasteiger partial charge >= 0.3 is 0 Å². The summed E-state index contributed by atoms with van der Waals surface area (Å²) in [7, 11) is 1.82. The first-order chi connectivity index (χ1) is 10.7. The third-order valence-corrected chi connectivity index (χ3v) is 5.06. The molecular formula is C15H18ClFN4S. The fourth-order valence-corrected chi connectivity index (χ4v) is 3.66. The van der Waals surface area contributed by atoms with Crippen molar-refractivity contribution in [3.63, 3.8) is 0 Å². The Morgan fingerprint density at radius 3 is 2.82 bits per heavy atom. The molecule has 0 bridgehead atoms. The molecule has 1 aromatic carbocycles. The molecule has 2 heterocycles. The first kappa shape index (κ1) is 15.5. The van der Waals surface area contributed by atoms with Crippen LogP contribution >= 0.6 is 23.1 Å². The first-order valence-electron chi connectivity index (χ1n) is 7.36. The van der Waals surface area contributed by atoms with Crippen molar-refractivity contribution >= 4 is 34.2 Å². The van der Waals surface area contributed by atoms with Gasteiger partial charge in [0, 0.05) is 36.7 Å². The standard InChI is InChI=1S/C15H18ClFN4S/c1-18-14-19-15(22-20-14)21-6-4-10(5-7-21)8-11-2-3-12(16)9-13(11)17/h2-3,9-10H,4-8H2,1H3,(H,18,20). The number of nitrogens with zero attached hydrogens (tertiary/aromatic N) is 3. The topological polar surface area (TPSA) is 41.1 Å². The maximum absolute atomic E-state index is 13.9. The minimum absolute atomic E-state index is 0.197. The maximum Gasteiger partial charge on any atom is 0.236 e. The summed E-state index contributed by atoms with van der Waals surface area (Å²) in [5, 5.41) is 4.36. The predicted octanol–water partition coefficient (Wildman–Crippen LogP) is 3.83. The molecule has 1 N–H and O–H groups in total. The predicted molar refractivity (Wildman–Crippen MR) is 89.5 cm³/mol. The van der Waals surface area contributed by atoms with E-state index in [2.05, 4.69) is 19.6 Å². The summed E-state index contributed by atoms with van der Waals surface area (Å²) in [4.78, 5) is 6.69. The Kier molecular flexibility index (Phi) is 4.78. The van der Waals surface area contributed by atoms with Gasteiger partial charge in [0.25, 0.3) is 0 Å². The van der Waals surface area contributed by atoms with Crippen LogP contribution in [0, 0.1) is 11.7 Å². The van der Waals surface area contributed by atoms with E-state index in [0.29, 0.717) is 16.9 Å². The van der Waals surface area contributed by atoms with Crippen molar-refractivity contribution in [3.8, 4) is 0 Å². The van der Waals surface area contributed by atoms with Crippen molar-refractivity contribution in [1.29, 1.82) is 0 Å². The van der Waals surface area contributed by atoms with Crippen LogP contribution in [0.2, 0.25) is 5.02 Å². The Bertz CT molecular complexity index is 640. The number of piperidine rings is 1. The molecule has 1 aliphatic heterocycles. The summed E-state index contributed by atoms with van der Waals surface area (Å²) in [5.41, 5.74) is 0.760. The van der Waals surface area contributed by atoms with Crippen molar-refractivity contribution in [2.75, 3.05) is 30.4 Å². The van der Waals surface area contributed by atoms with Crippen LogP contribution < -0.4 is 10.2 Å². The van der Waals surface area contributed by atoms with Gasteiger partial charge < -0.3 is 10.2 Å². The Morgan fingerprint density at radius 1 is 1.41 bits per heavy atom. The molecule has 0 radical (unpaired) electrons. The summed E-state index contributed by atoms with van der Waals surface area (Å²) in [6, 6.07) is 4.95. The van der Waals surface area contributed by atoms with Crippen LogP contribution in [0.15, 0.2) is 18.2 Å². The zero-order valence-corrected chi connectivity index (χ0v) is 13.9. The molecule has 0 aliphatic carbocycles. The SMILES string of the molecule is CNc1nsc(N2CCC(Cc3ccc(Cl)cc3F)CC2)n1. The average Bonchev–Trinajstić information content (AvgIpc) is 3.00. The molecule has 4 nitrogen and oxygen atoms in total. The number of benzene rings is 1. The highest BCUT2D eigenvalue weighted by Gasteiger charge is 2.22. The molecule has 3 rings (SSSR count). The fourth-order valence-electron chi connectivity index (χ4n) is 2.77. The smallest absolute Gasteiger partial charge is 0.236 e. The van der Waals surface area contributed by atoms with E-state index in [1.54, 1.807) is 12.1 Å². The lowest BCUT2D eigenvalue weighted by molar-refractivity contribution is 0.398. The molecule has 1 saturated heterocycles. The van der Waals surface area contributed by atoms with Crippen LogP contribution in [0.1, 0.15) is 18.4 Å². The van der Waals surface area contributed by atoms with E-state index in [-0.39, 0.29) is 5.82 Å². The number of halogens is 2. The first-order valence-corrected chi connectivity index (χ1v) is 8.51. The van der Waals surface area contributed by atoms with Crippen molar-refractivity contribution in [1.82, 2.24) is 9.36 Å². The molecule has 7 heteroatoms. The van der Waals surface area contributed by atoms with E-state index in [4.69, 9.17) is 11.6 Å². The molecule has 0 unspecified atom stereocenters. The van der Waals surface area contributed by atoms with Gasteiger partial charge in [0.1, 0.15) is 5.82 Å². The Balaban J connectivity index is 1.57. The second kappa shape index (κ2) is 6.79. The lowest BCUT2D eigenvalue weighted by Gasteiger charge is -2.31. The summed E-state index contributed by atoms with van der Waals surface area (Å²) >= 11 is 7.21. The van der Waals surface area contributed by atoms with Crippen LogP contribution in [0.3, 0.4) is 0 Å². The van der Waals surface area contributed by atoms with Gasteiger partial charge in [-0.25, -0.2) is 4.39 Å². The van der Waals surface area contributed by atoms with Gasteiger partial charge in [-0.05, 0) is 42.9 Å². The summed E-state index contributed by atoms with van der Waals surface area (Å²) in [6.45, 7) is 1.89. The normalized spacial score (nSPS) is 16.0. The minimum atomic E-state index is -0.197. The van der Waals surface area contributed by atoms with Gasteiger partial charge in [-0.15, -0.1) is 0 Å². The number of hydrogen-bond acceptors (Lipinski definition) is 5. The summed E-state index contributed by atoms with van der Waals surface area (Å²) in [6.07, 6.45) is 2.85. The van der Waals surface area contributed by atoms with Gasteiger partial charge in [0.05, 0.1) is 0 Å². The Hall–Kier alpha value is -1.40. The van der Waals surface area contributed by atoms with E-state index >= 15 is 0 Å². The largest absolute Gasteiger partial charge is 0.356 e. The third-order valence-electron chi connectivity index (χ3n) is 4.05. The van der Waals surface area contributed by atoms with E-state index in [1.165, 1.54) is 17.6 Å². The second-order valence-corrected chi connectivity index (χ2v) is 6.69. The van der Waals surface area contributed by atoms with Crippen molar-refractivity contribution in [3.05, 3.63) is 34.6 Å². The molecule has 2 aromatic rings. The van der Waals surface area contributed by atoms with Crippen LogP contribution in [0.25, 0.3) is 0 Å². The number of rotatable bonds is 4. The van der Waals surface area contributed by atoms with Crippen LogP contribution in [0.4, 0.5) is 15.5 Å². The molecule has 1 aromatic heterocycles. The lowest BCUT2D eigenvalue weighted by Crippen LogP contribution is -2.34. The highest BCUT2D eigenvalue weighted by molar-refractivity contribution is 7.09. The van der Waals surface area contributed by atoms with Crippen molar-refractivity contribution in [2.24, 2.45) is 5.92 Å². The summed E-state index contributed by atoms with van der Waals surface area (Å²) < 4.78 is 18.1. The fraction of sp³-hybridized carbons (Fsp3) is 0.467. The number of anilines is 2. The molecule has 1 fully saturated rings. The lowest BCUT2D eigenvalue weighted by atomic mass is 9.90. The van der Waals surface area contributed by atoms with Crippen LogP contribution in [-0.4, -0.2) is 29.5 Å². The minimum Gasteiger partial charge on any atom is -0.356 e.